The van der Waals surface area contributed by atoms with E-state index in [4.69, 9.17) is 4.74 Å². The Balaban J connectivity index is 1.96. The summed E-state index contributed by atoms with van der Waals surface area (Å²) in [6.45, 7) is 0. The van der Waals surface area contributed by atoms with Crippen LogP contribution in [0.4, 0.5) is 5.69 Å². The fraction of sp³-hybridized carbons (Fsp3) is 0.500. The van der Waals surface area contributed by atoms with Crippen molar-refractivity contribution >= 4 is 27.5 Å². The lowest BCUT2D eigenvalue weighted by atomic mass is 10.2. The van der Waals surface area contributed by atoms with Crippen LogP contribution < -0.4 is 14.4 Å². The van der Waals surface area contributed by atoms with E-state index in [0.717, 1.165) is 30.6 Å². The minimum Gasteiger partial charge on any atom is -0.495 e. The summed E-state index contributed by atoms with van der Waals surface area (Å²) in [5, 5.41) is 0. The summed E-state index contributed by atoms with van der Waals surface area (Å²) < 4.78 is 33.0. The predicted molar refractivity (Wildman–Crippen MR) is 87.3 cm³/mol. The summed E-state index contributed by atoms with van der Waals surface area (Å²) in [7, 11) is -2.30. The third-order valence-electron chi connectivity index (χ3n) is 4.43. The van der Waals surface area contributed by atoms with Gasteiger partial charge in [-0.1, -0.05) is 12.8 Å². The third kappa shape index (κ3) is 3.16. The van der Waals surface area contributed by atoms with Gasteiger partial charge in [0.2, 0.25) is 21.8 Å². The normalized spacial score (nSPS) is 19.3. The Morgan fingerprint density at radius 2 is 1.75 bits per heavy atom. The highest BCUT2D eigenvalue weighted by Crippen LogP contribution is 2.34. The van der Waals surface area contributed by atoms with E-state index in [1.807, 2.05) is 0 Å². The monoisotopic (exact) mass is 352 g/mol. The van der Waals surface area contributed by atoms with Crippen LogP contribution in [0, 0.1) is 0 Å². The molecule has 0 atom stereocenters. The Morgan fingerprint density at radius 3 is 2.33 bits per heavy atom. The number of rotatable bonds is 5. The molecule has 24 heavy (non-hydrogen) atoms. The first-order valence-corrected chi connectivity index (χ1v) is 9.47. The van der Waals surface area contributed by atoms with E-state index in [2.05, 4.69) is 4.72 Å². The zero-order chi connectivity index (χ0) is 17.3. The number of hydrogen-bond acceptors (Lipinski definition) is 5. The van der Waals surface area contributed by atoms with Crippen molar-refractivity contribution in [2.75, 3.05) is 12.0 Å². The second-order valence-electron chi connectivity index (χ2n) is 6.06. The summed E-state index contributed by atoms with van der Waals surface area (Å²) in [5.41, 5.74) is 0.180. The standard InChI is InChI=1S/C16H20N2O5S/c1-23-14-7-6-12(24(21,22)17-11-4-2-3-5-11)10-13(14)18-15(19)8-9-16(18)20/h6-7,10-11,17H,2-5,8-9H2,1H3. The van der Waals surface area contributed by atoms with Crippen LogP contribution in [-0.2, 0) is 19.6 Å². The van der Waals surface area contributed by atoms with Crippen LogP contribution in [0.25, 0.3) is 0 Å². The molecule has 3 rings (SSSR count). The highest BCUT2D eigenvalue weighted by atomic mass is 32.2. The van der Waals surface area contributed by atoms with E-state index < -0.39 is 10.0 Å². The Labute approximate surface area is 141 Å². The van der Waals surface area contributed by atoms with E-state index >= 15 is 0 Å². The molecule has 1 aromatic carbocycles. The van der Waals surface area contributed by atoms with Crippen molar-refractivity contribution in [1.82, 2.24) is 4.72 Å². The molecule has 1 saturated carbocycles. The zero-order valence-electron chi connectivity index (χ0n) is 13.4. The number of anilines is 1. The van der Waals surface area contributed by atoms with Crippen LogP contribution in [0.15, 0.2) is 23.1 Å². The van der Waals surface area contributed by atoms with Gasteiger partial charge in [-0.05, 0) is 31.0 Å². The van der Waals surface area contributed by atoms with Gasteiger partial charge in [-0.25, -0.2) is 18.0 Å². The average molecular weight is 352 g/mol. The molecule has 1 aliphatic heterocycles. The number of methoxy groups -OCH3 is 1. The van der Waals surface area contributed by atoms with Crippen molar-refractivity contribution in [1.29, 1.82) is 0 Å². The number of hydrogen-bond donors (Lipinski definition) is 1. The molecular formula is C16H20N2O5S. The second-order valence-corrected chi connectivity index (χ2v) is 7.77. The second kappa shape index (κ2) is 6.52. The predicted octanol–water partition coefficient (Wildman–Crippen LogP) is 1.57. The topological polar surface area (TPSA) is 92.8 Å². The Kier molecular flexibility index (Phi) is 4.60. The van der Waals surface area contributed by atoms with Gasteiger partial charge in [0.15, 0.2) is 0 Å². The van der Waals surface area contributed by atoms with Gasteiger partial charge in [0.05, 0.1) is 17.7 Å². The van der Waals surface area contributed by atoms with Crippen molar-refractivity contribution in [3.63, 3.8) is 0 Å². The fourth-order valence-corrected chi connectivity index (χ4v) is 4.51. The van der Waals surface area contributed by atoms with E-state index in [9.17, 15) is 18.0 Å². The maximum absolute atomic E-state index is 12.6. The fourth-order valence-electron chi connectivity index (χ4n) is 3.19. The molecule has 8 heteroatoms. The highest BCUT2D eigenvalue weighted by molar-refractivity contribution is 7.89. The molecule has 1 saturated heterocycles. The van der Waals surface area contributed by atoms with Crippen molar-refractivity contribution in [2.24, 2.45) is 0 Å². The van der Waals surface area contributed by atoms with Gasteiger partial charge in [-0.2, -0.15) is 0 Å². The quantitative estimate of drug-likeness (QED) is 0.812. The molecule has 2 amide bonds. The van der Waals surface area contributed by atoms with Crippen LogP contribution >= 0.6 is 0 Å². The number of sulfonamides is 1. The van der Waals surface area contributed by atoms with E-state index in [0.29, 0.717) is 5.75 Å². The maximum Gasteiger partial charge on any atom is 0.240 e. The van der Waals surface area contributed by atoms with Crippen molar-refractivity contribution < 1.29 is 22.7 Å². The van der Waals surface area contributed by atoms with E-state index in [-0.39, 0.29) is 41.3 Å². The lowest BCUT2D eigenvalue weighted by Crippen LogP contribution is -2.33. The van der Waals surface area contributed by atoms with E-state index in [1.54, 1.807) is 0 Å². The third-order valence-corrected chi connectivity index (χ3v) is 5.95. The maximum atomic E-state index is 12.6. The van der Waals surface area contributed by atoms with Gasteiger partial charge in [-0.3, -0.25) is 9.59 Å². The lowest BCUT2D eigenvalue weighted by molar-refractivity contribution is -0.121. The number of benzene rings is 1. The minimum atomic E-state index is -3.71. The molecule has 1 heterocycles. The number of nitrogens with zero attached hydrogens (tertiary/aromatic N) is 1. The molecule has 130 valence electrons. The summed E-state index contributed by atoms with van der Waals surface area (Å²) in [4.78, 5) is 25.0. The van der Waals surface area contributed by atoms with Crippen LogP contribution in [-0.4, -0.2) is 33.4 Å². The van der Waals surface area contributed by atoms with Crippen molar-refractivity contribution in [2.45, 2.75) is 49.5 Å². The molecule has 1 aliphatic carbocycles. The summed E-state index contributed by atoms with van der Waals surface area (Å²) in [5.74, 6) is -0.411. The first-order valence-electron chi connectivity index (χ1n) is 7.98. The first-order chi connectivity index (χ1) is 11.4. The molecule has 0 aromatic heterocycles. The van der Waals surface area contributed by atoms with Crippen LogP contribution in [0.2, 0.25) is 0 Å². The molecular weight excluding hydrogens is 332 g/mol. The molecule has 1 aromatic rings. The molecule has 7 nitrogen and oxygen atoms in total. The van der Waals surface area contributed by atoms with Gasteiger partial charge in [-0.15, -0.1) is 0 Å². The highest BCUT2D eigenvalue weighted by Gasteiger charge is 2.33. The largest absolute Gasteiger partial charge is 0.495 e. The average Bonchev–Trinajstić information content (AvgIpc) is 3.16. The number of ether oxygens (including phenoxy) is 1. The number of carbonyl (C=O) groups excluding carboxylic acids is 2. The molecule has 0 radical (unpaired) electrons. The summed E-state index contributed by atoms with van der Waals surface area (Å²) in [6.07, 6.45) is 3.92. The molecule has 2 aliphatic rings. The summed E-state index contributed by atoms with van der Waals surface area (Å²) in [6, 6.07) is 4.16. The Morgan fingerprint density at radius 1 is 1.12 bits per heavy atom. The Bertz CT molecular complexity index is 753. The van der Waals surface area contributed by atoms with Gasteiger partial charge in [0, 0.05) is 18.9 Å². The molecule has 0 unspecified atom stereocenters. The molecule has 1 N–H and O–H groups in total. The van der Waals surface area contributed by atoms with Gasteiger partial charge in [0.25, 0.3) is 0 Å². The van der Waals surface area contributed by atoms with Gasteiger partial charge < -0.3 is 4.74 Å². The zero-order valence-corrected chi connectivity index (χ0v) is 14.3. The van der Waals surface area contributed by atoms with Crippen LogP contribution in [0.5, 0.6) is 5.75 Å². The molecule has 0 spiro atoms. The van der Waals surface area contributed by atoms with Crippen LogP contribution in [0.3, 0.4) is 0 Å². The number of imide groups is 1. The van der Waals surface area contributed by atoms with Gasteiger partial charge >= 0.3 is 0 Å². The number of amides is 2. The smallest absolute Gasteiger partial charge is 0.240 e. The number of nitrogens with one attached hydrogen (secondary N) is 1. The van der Waals surface area contributed by atoms with Crippen LogP contribution in [0.1, 0.15) is 38.5 Å². The molecule has 2 fully saturated rings. The minimum absolute atomic E-state index is 0.0256. The summed E-state index contributed by atoms with van der Waals surface area (Å²) >= 11 is 0. The van der Waals surface area contributed by atoms with Gasteiger partial charge in [0.1, 0.15) is 5.75 Å². The van der Waals surface area contributed by atoms with E-state index in [1.165, 1.54) is 25.3 Å². The first kappa shape index (κ1) is 16.9. The lowest BCUT2D eigenvalue weighted by Gasteiger charge is -2.19. The molecule has 0 bridgehead atoms. The Hall–Kier alpha value is -1.93. The van der Waals surface area contributed by atoms with Crippen molar-refractivity contribution in [3.8, 4) is 5.75 Å². The SMILES string of the molecule is COc1ccc(S(=O)(=O)NC2CCCC2)cc1N1C(=O)CCC1=O. The number of carbonyl (C=O) groups is 2. The van der Waals surface area contributed by atoms with Crippen molar-refractivity contribution in [3.05, 3.63) is 18.2 Å².